The second-order valence-electron chi connectivity index (χ2n) is 6.87. The third-order valence-corrected chi connectivity index (χ3v) is 4.86. The lowest BCUT2D eigenvalue weighted by Crippen LogP contribution is -2.48. The van der Waals surface area contributed by atoms with Crippen molar-refractivity contribution in [1.82, 2.24) is 10.6 Å². The highest BCUT2D eigenvalue weighted by atomic mass is 16.5. The summed E-state index contributed by atoms with van der Waals surface area (Å²) < 4.78 is 16.1. The van der Waals surface area contributed by atoms with Gasteiger partial charge in [0.15, 0.2) is 17.5 Å². The van der Waals surface area contributed by atoms with Crippen LogP contribution < -0.4 is 24.8 Å². The molecule has 1 aromatic carbocycles. The number of nitrogens with one attached hydrogen (secondary N) is 2. The predicted octanol–water partition coefficient (Wildman–Crippen LogP) is 2.46. The van der Waals surface area contributed by atoms with Gasteiger partial charge >= 0.3 is 0 Å². The van der Waals surface area contributed by atoms with E-state index in [1.165, 1.54) is 6.42 Å². The zero-order valence-electron chi connectivity index (χ0n) is 16.9. The molecule has 7 heteroatoms. The molecule has 1 aromatic rings. The molecule has 0 amide bonds. The minimum atomic E-state index is -0.638. The summed E-state index contributed by atoms with van der Waals surface area (Å²) in [4.78, 5) is 4.64. The molecular weight excluding hydrogens is 346 g/mol. The van der Waals surface area contributed by atoms with Gasteiger partial charge in [-0.15, -0.1) is 0 Å². The Morgan fingerprint density at radius 2 is 1.67 bits per heavy atom. The number of hydrogen-bond donors (Lipinski definition) is 3. The van der Waals surface area contributed by atoms with E-state index < -0.39 is 5.60 Å². The second kappa shape index (κ2) is 10.3. The number of nitrogens with zero attached hydrogens (tertiary/aromatic N) is 1. The van der Waals surface area contributed by atoms with Gasteiger partial charge in [0.25, 0.3) is 0 Å². The van der Waals surface area contributed by atoms with Crippen molar-refractivity contribution in [1.29, 1.82) is 0 Å². The number of aliphatic hydroxyl groups is 1. The van der Waals surface area contributed by atoms with E-state index in [9.17, 15) is 5.11 Å². The zero-order chi connectivity index (χ0) is 19.7. The smallest absolute Gasteiger partial charge is 0.203 e. The van der Waals surface area contributed by atoms with Crippen LogP contribution in [-0.2, 0) is 6.54 Å². The SMILES string of the molecule is CCNC(=NCc1cc(OC)c(OC)c(OC)c1)NCC1(O)CCCCC1. The normalized spacial score (nSPS) is 16.6. The van der Waals surface area contributed by atoms with Crippen LogP contribution >= 0.6 is 0 Å². The van der Waals surface area contributed by atoms with Crippen LogP contribution in [0.5, 0.6) is 17.2 Å². The summed E-state index contributed by atoms with van der Waals surface area (Å²) in [5, 5.41) is 17.2. The summed E-state index contributed by atoms with van der Waals surface area (Å²) in [5.41, 5.74) is 0.305. The molecule has 1 saturated carbocycles. The first kappa shape index (κ1) is 21.2. The summed E-state index contributed by atoms with van der Waals surface area (Å²) in [6.45, 7) is 3.73. The summed E-state index contributed by atoms with van der Waals surface area (Å²) >= 11 is 0. The molecule has 0 radical (unpaired) electrons. The van der Waals surface area contributed by atoms with Crippen molar-refractivity contribution in [2.45, 2.75) is 51.2 Å². The molecule has 1 aliphatic rings. The maximum Gasteiger partial charge on any atom is 0.203 e. The van der Waals surface area contributed by atoms with Crippen LogP contribution in [0.3, 0.4) is 0 Å². The molecule has 152 valence electrons. The molecule has 1 fully saturated rings. The van der Waals surface area contributed by atoms with Crippen molar-refractivity contribution >= 4 is 5.96 Å². The molecule has 1 aliphatic carbocycles. The van der Waals surface area contributed by atoms with Crippen LogP contribution in [0.1, 0.15) is 44.6 Å². The third kappa shape index (κ3) is 5.92. The monoisotopic (exact) mass is 379 g/mol. The number of ether oxygens (including phenoxy) is 3. The molecule has 0 saturated heterocycles. The van der Waals surface area contributed by atoms with Gasteiger partial charge in [-0.3, -0.25) is 0 Å². The first-order valence-corrected chi connectivity index (χ1v) is 9.58. The number of hydrogen-bond acceptors (Lipinski definition) is 5. The minimum Gasteiger partial charge on any atom is -0.493 e. The number of benzene rings is 1. The van der Waals surface area contributed by atoms with E-state index >= 15 is 0 Å². The Morgan fingerprint density at radius 1 is 1.04 bits per heavy atom. The first-order chi connectivity index (χ1) is 13.0. The average Bonchev–Trinajstić information content (AvgIpc) is 2.69. The number of guanidine groups is 1. The highest BCUT2D eigenvalue weighted by Crippen LogP contribution is 2.38. The standard InChI is InChI=1S/C20H33N3O4/c1-5-21-19(23-14-20(24)9-7-6-8-10-20)22-13-15-11-16(25-2)18(27-4)17(12-15)26-3/h11-12,24H,5-10,13-14H2,1-4H3,(H2,21,22,23). The largest absolute Gasteiger partial charge is 0.493 e. The van der Waals surface area contributed by atoms with E-state index in [1.54, 1.807) is 21.3 Å². The van der Waals surface area contributed by atoms with Gasteiger partial charge in [-0.1, -0.05) is 19.3 Å². The van der Waals surface area contributed by atoms with Gasteiger partial charge in [0.2, 0.25) is 5.75 Å². The molecule has 0 atom stereocenters. The fourth-order valence-corrected chi connectivity index (χ4v) is 3.37. The van der Waals surface area contributed by atoms with Crippen molar-refractivity contribution < 1.29 is 19.3 Å². The number of rotatable bonds is 8. The molecule has 3 N–H and O–H groups in total. The Morgan fingerprint density at radius 3 is 2.19 bits per heavy atom. The van der Waals surface area contributed by atoms with Crippen LogP contribution in [0, 0.1) is 0 Å². The van der Waals surface area contributed by atoms with Crippen LogP contribution in [0.15, 0.2) is 17.1 Å². The zero-order valence-corrected chi connectivity index (χ0v) is 16.9. The summed E-state index contributed by atoms with van der Waals surface area (Å²) in [7, 11) is 4.78. The lowest BCUT2D eigenvalue weighted by atomic mass is 9.85. The van der Waals surface area contributed by atoms with E-state index in [4.69, 9.17) is 14.2 Å². The molecule has 7 nitrogen and oxygen atoms in total. The van der Waals surface area contributed by atoms with Crippen LogP contribution in [-0.4, -0.2) is 51.1 Å². The average molecular weight is 380 g/mol. The maximum absolute atomic E-state index is 10.7. The third-order valence-electron chi connectivity index (χ3n) is 4.86. The predicted molar refractivity (Wildman–Crippen MR) is 107 cm³/mol. The topological polar surface area (TPSA) is 84.3 Å². The van der Waals surface area contributed by atoms with E-state index in [0.717, 1.165) is 37.8 Å². The Balaban J connectivity index is 2.09. The van der Waals surface area contributed by atoms with Gasteiger partial charge in [-0.2, -0.15) is 0 Å². The highest BCUT2D eigenvalue weighted by molar-refractivity contribution is 5.79. The fraction of sp³-hybridized carbons (Fsp3) is 0.650. The Kier molecular flexibility index (Phi) is 8.03. The molecule has 0 aromatic heterocycles. The van der Waals surface area contributed by atoms with E-state index in [0.29, 0.717) is 36.3 Å². The van der Waals surface area contributed by atoms with E-state index in [-0.39, 0.29) is 0 Å². The number of aliphatic imine (C=N–C) groups is 1. The van der Waals surface area contributed by atoms with E-state index in [1.807, 2.05) is 19.1 Å². The van der Waals surface area contributed by atoms with Gasteiger partial charge in [-0.05, 0) is 37.5 Å². The van der Waals surface area contributed by atoms with Gasteiger partial charge in [0, 0.05) is 13.1 Å². The van der Waals surface area contributed by atoms with Crippen molar-refractivity contribution in [3.63, 3.8) is 0 Å². The fourth-order valence-electron chi connectivity index (χ4n) is 3.37. The van der Waals surface area contributed by atoms with Crippen LogP contribution in [0.25, 0.3) is 0 Å². The van der Waals surface area contributed by atoms with Crippen molar-refractivity contribution in [3.8, 4) is 17.2 Å². The Bertz CT molecular complexity index is 603. The lowest BCUT2D eigenvalue weighted by molar-refractivity contribution is 0.00859. The molecule has 0 aliphatic heterocycles. The van der Waals surface area contributed by atoms with Crippen molar-refractivity contribution in [2.75, 3.05) is 34.4 Å². The second-order valence-corrected chi connectivity index (χ2v) is 6.87. The first-order valence-electron chi connectivity index (χ1n) is 9.58. The van der Waals surface area contributed by atoms with Gasteiger partial charge < -0.3 is 30.0 Å². The lowest BCUT2D eigenvalue weighted by Gasteiger charge is -2.32. The summed E-state index contributed by atoms with van der Waals surface area (Å²) in [6.07, 6.45) is 5.05. The molecular formula is C20H33N3O4. The quantitative estimate of drug-likeness (QED) is 0.475. The van der Waals surface area contributed by atoms with Crippen molar-refractivity contribution in [3.05, 3.63) is 17.7 Å². The van der Waals surface area contributed by atoms with Crippen molar-refractivity contribution in [2.24, 2.45) is 4.99 Å². The molecule has 0 unspecified atom stereocenters. The molecule has 0 bridgehead atoms. The highest BCUT2D eigenvalue weighted by Gasteiger charge is 2.29. The molecule has 0 spiro atoms. The Labute approximate surface area is 162 Å². The van der Waals surface area contributed by atoms with Crippen LogP contribution in [0.2, 0.25) is 0 Å². The van der Waals surface area contributed by atoms with Crippen LogP contribution in [0.4, 0.5) is 0 Å². The summed E-state index contributed by atoms with van der Waals surface area (Å²) in [6, 6.07) is 3.78. The minimum absolute atomic E-state index is 0.449. The number of methoxy groups -OCH3 is 3. The van der Waals surface area contributed by atoms with E-state index in [2.05, 4.69) is 15.6 Å². The molecule has 27 heavy (non-hydrogen) atoms. The molecule has 0 heterocycles. The summed E-state index contributed by atoms with van der Waals surface area (Å²) in [5.74, 6) is 2.47. The Hall–Kier alpha value is -2.15. The molecule has 2 rings (SSSR count). The van der Waals surface area contributed by atoms with Gasteiger partial charge in [-0.25, -0.2) is 4.99 Å². The van der Waals surface area contributed by atoms with Gasteiger partial charge in [0.05, 0.1) is 33.5 Å². The maximum atomic E-state index is 10.7. The van der Waals surface area contributed by atoms with Gasteiger partial charge in [0.1, 0.15) is 0 Å².